The van der Waals surface area contributed by atoms with Crippen LogP contribution in [0.2, 0.25) is 0 Å². The minimum absolute atomic E-state index is 0.792. The van der Waals surface area contributed by atoms with Crippen molar-refractivity contribution >= 4 is 0 Å². The van der Waals surface area contributed by atoms with Crippen molar-refractivity contribution in [1.29, 1.82) is 0 Å². The number of piperidine rings is 1. The van der Waals surface area contributed by atoms with E-state index >= 15 is 0 Å². The van der Waals surface area contributed by atoms with Crippen LogP contribution >= 0.6 is 0 Å². The van der Waals surface area contributed by atoms with E-state index in [1.165, 1.54) is 90.5 Å². The number of nitrogens with zero attached hydrogens (tertiary/aromatic N) is 2. The summed E-state index contributed by atoms with van der Waals surface area (Å²) in [4.78, 5) is 5.63. The molecule has 0 radical (unpaired) electrons. The van der Waals surface area contributed by atoms with Gasteiger partial charge in [0, 0.05) is 18.1 Å². The zero-order chi connectivity index (χ0) is 14.5. The molecule has 0 spiro atoms. The van der Waals surface area contributed by atoms with E-state index in [4.69, 9.17) is 0 Å². The summed E-state index contributed by atoms with van der Waals surface area (Å²) in [5, 5.41) is 3.79. The predicted molar refractivity (Wildman–Crippen MR) is 89.7 cm³/mol. The van der Waals surface area contributed by atoms with Gasteiger partial charge in [-0.05, 0) is 84.1 Å². The summed E-state index contributed by atoms with van der Waals surface area (Å²) in [5.74, 6) is 0. The fourth-order valence-electron chi connectivity index (χ4n) is 4.91. The molecule has 3 fully saturated rings. The van der Waals surface area contributed by atoms with Crippen molar-refractivity contribution in [2.24, 2.45) is 0 Å². The van der Waals surface area contributed by atoms with Crippen molar-refractivity contribution in [3.8, 4) is 0 Å². The molecule has 3 saturated heterocycles. The first-order valence-electron chi connectivity index (χ1n) is 9.60. The molecule has 21 heavy (non-hydrogen) atoms. The Bertz CT molecular complexity index is 301. The molecule has 0 aromatic carbocycles. The normalized spacial score (nSPS) is 36.7. The Morgan fingerprint density at radius 2 is 1.86 bits per heavy atom. The monoisotopic (exact) mass is 293 g/mol. The van der Waals surface area contributed by atoms with E-state index in [0.29, 0.717) is 0 Å². The lowest BCUT2D eigenvalue weighted by Crippen LogP contribution is -2.54. The zero-order valence-corrected chi connectivity index (χ0v) is 14.0. The molecule has 3 rings (SSSR count). The lowest BCUT2D eigenvalue weighted by Gasteiger charge is -2.44. The van der Waals surface area contributed by atoms with Crippen LogP contribution in [0.5, 0.6) is 0 Å². The van der Waals surface area contributed by atoms with Crippen molar-refractivity contribution in [2.45, 2.75) is 82.8 Å². The molecule has 0 bridgehead atoms. The highest BCUT2D eigenvalue weighted by Crippen LogP contribution is 2.29. The molecule has 122 valence electrons. The number of nitrogens with one attached hydrogen (secondary N) is 1. The molecule has 3 aliphatic heterocycles. The molecule has 0 saturated carbocycles. The summed E-state index contributed by atoms with van der Waals surface area (Å²) < 4.78 is 0. The van der Waals surface area contributed by atoms with Gasteiger partial charge in [-0.25, -0.2) is 0 Å². The molecule has 0 aromatic rings. The van der Waals surface area contributed by atoms with Crippen molar-refractivity contribution < 1.29 is 0 Å². The highest BCUT2D eigenvalue weighted by Gasteiger charge is 2.35. The van der Waals surface area contributed by atoms with Gasteiger partial charge in [0.25, 0.3) is 0 Å². The Kier molecular flexibility index (Phi) is 5.96. The summed E-state index contributed by atoms with van der Waals surface area (Å²) in [6.07, 6.45) is 12.7. The van der Waals surface area contributed by atoms with Crippen LogP contribution in [0.1, 0.15) is 64.7 Å². The van der Waals surface area contributed by atoms with Crippen LogP contribution < -0.4 is 5.32 Å². The largest absolute Gasteiger partial charge is 0.312 e. The van der Waals surface area contributed by atoms with Gasteiger partial charge in [-0.1, -0.05) is 13.3 Å². The van der Waals surface area contributed by atoms with Gasteiger partial charge in [-0.15, -0.1) is 0 Å². The van der Waals surface area contributed by atoms with Gasteiger partial charge >= 0.3 is 0 Å². The van der Waals surface area contributed by atoms with Crippen LogP contribution in [-0.2, 0) is 0 Å². The second-order valence-corrected chi connectivity index (χ2v) is 7.43. The third kappa shape index (κ3) is 4.00. The van der Waals surface area contributed by atoms with E-state index in [0.717, 1.165) is 18.1 Å². The van der Waals surface area contributed by atoms with Gasteiger partial charge in [0.1, 0.15) is 0 Å². The predicted octanol–water partition coefficient (Wildman–Crippen LogP) is 2.86. The molecule has 3 heteroatoms. The SMILES string of the molecule is CCCN1CCCC(N2CCCCC2C2CCCN2)CC1. The van der Waals surface area contributed by atoms with Crippen molar-refractivity contribution in [2.75, 3.05) is 32.7 Å². The summed E-state index contributed by atoms with van der Waals surface area (Å²) in [5.41, 5.74) is 0. The maximum absolute atomic E-state index is 3.79. The van der Waals surface area contributed by atoms with Crippen LogP contribution in [0.3, 0.4) is 0 Å². The van der Waals surface area contributed by atoms with E-state index in [1.54, 1.807) is 0 Å². The number of rotatable bonds is 4. The maximum atomic E-state index is 3.79. The van der Waals surface area contributed by atoms with Crippen LogP contribution in [0.15, 0.2) is 0 Å². The third-order valence-corrected chi connectivity index (χ3v) is 5.95. The van der Waals surface area contributed by atoms with Gasteiger partial charge in [0.2, 0.25) is 0 Å². The van der Waals surface area contributed by atoms with Crippen molar-refractivity contribution in [1.82, 2.24) is 15.1 Å². The highest BCUT2D eigenvalue weighted by molar-refractivity contribution is 4.93. The third-order valence-electron chi connectivity index (χ3n) is 5.95. The standard InChI is InChI=1S/C18H35N3/c1-2-12-20-13-6-7-16(10-15-20)21-14-4-3-9-18(21)17-8-5-11-19-17/h16-19H,2-15H2,1H3. The Morgan fingerprint density at radius 3 is 2.67 bits per heavy atom. The van der Waals surface area contributed by atoms with Crippen LogP contribution in [0.25, 0.3) is 0 Å². The summed E-state index contributed by atoms with van der Waals surface area (Å²) in [6.45, 7) is 8.91. The molecule has 3 aliphatic rings. The molecule has 0 amide bonds. The van der Waals surface area contributed by atoms with Crippen LogP contribution in [0.4, 0.5) is 0 Å². The lowest BCUT2D eigenvalue weighted by atomic mass is 9.91. The fraction of sp³-hybridized carbons (Fsp3) is 1.00. The lowest BCUT2D eigenvalue weighted by molar-refractivity contribution is 0.0653. The van der Waals surface area contributed by atoms with E-state index < -0.39 is 0 Å². The summed E-state index contributed by atoms with van der Waals surface area (Å²) in [7, 11) is 0. The molecule has 1 N–H and O–H groups in total. The van der Waals surface area contributed by atoms with Crippen LogP contribution in [-0.4, -0.2) is 60.6 Å². The molecular weight excluding hydrogens is 258 g/mol. The maximum Gasteiger partial charge on any atom is 0.0252 e. The molecule has 0 aromatic heterocycles. The fourth-order valence-corrected chi connectivity index (χ4v) is 4.91. The second-order valence-electron chi connectivity index (χ2n) is 7.43. The van der Waals surface area contributed by atoms with Crippen molar-refractivity contribution in [3.05, 3.63) is 0 Å². The second kappa shape index (κ2) is 7.94. The molecule has 3 atom stereocenters. The average molecular weight is 293 g/mol. The Morgan fingerprint density at radius 1 is 0.905 bits per heavy atom. The number of hydrogen-bond donors (Lipinski definition) is 1. The summed E-state index contributed by atoms with van der Waals surface area (Å²) in [6, 6.07) is 2.49. The van der Waals surface area contributed by atoms with Gasteiger partial charge in [0.15, 0.2) is 0 Å². The van der Waals surface area contributed by atoms with E-state index in [2.05, 4.69) is 22.0 Å². The topological polar surface area (TPSA) is 18.5 Å². The smallest absolute Gasteiger partial charge is 0.0252 e. The zero-order valence-electron chi connectivity index (χ0n) is 14.0. The van der Waals surface area contributed by atoms with E-state index in [9.17, 15) is 0 Å². The minimum Gasteiger partial charge on any atom is -0.312 e. The van der Waals surface area contributed by atoms with Crippen molar-refractivity contribution in [3.63, 3.8) is 0 Å². The average Bonchev–Trinajstić information content (AvgIpc) is 2.95. The molecule has 3 unspecified atom stereocenters. The molecule has 0 aliphatic carbocycles. The molecule has 3 heterocycles. The number of likely N-dealkylation sites (tertiary alicyclic amines) is 2. The van der Waals surface area contributed by atoms with E-state index in [1.807, 2.05) is 0 Å². The van der Waals surface area contributed by atoms with Gasteiger partial charge < -0.3 is 10.2 Å². The quantitative estimate of drug-likeness (QED) is 0.860. The highest BCUT2D eigenvalue weighted by atomic mass is 15.2. The Labute approximate surface area is 131 Å². The van der Waals surface area contributed by atoms with Gasteiger partial charge in [-0.2, -0.15) is 0 Å². The first-order chi connectivity index (χ1) is 10.4. The molecule has 3 nitrogen and oxygen atoms in total. The Hall–Kier alpha value is -0.120. The first-order valence-corrected chi connectivity index (χ1v) is 9.60. The van der Waals surface area contributed by atoms with Gasteiger partial charge in [0.05, 0.1) is 0 Å². The van der Waals surface area contributed by atoms with Gasteiger partial charge in [-0.3, -0.25) is 4.90 Å². The van der Waals surface area contributed by atoms with E-state index in [-0.39, 0.29) is 0 Å². The first kappa shape index (κ1) is 15.8. The Balaban J connectivity index is 1.60. The molecular formula is C18H35N3. The summed E-state index contributed by atoms with van der Waals surface area (Å²) >= 11 is 0. The minimum atomic E-state index is 0.792. The van der Waals surface area contributed by atoms with Crippen LogP contribution in [0, 0.1) is 0 Å². The number of hydrogen-bond acceptors (Lipinski definition) is 3.